The van der Waals surface area contributed by atoms with E-state index in [2.05, 4.69) is 20.2 Å². The average molecular weight is 374 g/mol. The van der Waals surface area contributed by atoms with Crippen LogP contribution in [0.4, 0.5) is 0 Å². The summed E-state index contributed by atoms with van der Waals surface area (Å²) in [4.78, 5) is 2.26. The van der Waals surface area contributed by atoms with Crippen molar-refractivity contribution in [2.45, 2.75) is 26.1 Å². The first-order valence-electron chi connectivity index (χ1n) is 8.57. The lowest BCUT2D eigenvalue weighted by Crippen LogP contribution is -2.43. The van der Waals surface area contributed by atoms with Crippen LogP contribution < -0.4 is 0 Å². The van der Waals surface area contributed by atoms with Gasteiger partial charge in [-0.1, -0.05) is 17.7 Å². The van der Waals surface area contributed by atoms with E-state index in [0.29, 0.717) is 30.0 Å². The highest BCUT2D eigenvalue weighted by molar-refractivity contribution is 6.30. The quantitative estimate of drug-likeness (QED) is 0.685. The molecule has 136 valence electrons. The Morgan fingerprint density at radius 2 is 2.23 bits per heavy atom. The number of aromatic nitrogens is 4. The number of hydrogen-bond acceptors (Lipinski definition) is 6. The largest absolute Gasteiger partial charge is 0.419 e. The molecule has 1 saturated heterocycles. The van der Waals surface area contributed by atoms with E-state index < -0.39 is 0 Å². The minimum Gasteiger partial charge on any atom is -0.419 e. The minimum absolute atomic E-state index is 0.0957. The molecular weight excluding hydrogens is 354 g/mol. The van der Waals surface area contributed by atoms with Crippen LogP contribution in [-0.4, -0.2) is 50.7 Å². The van der Waals surface area contributed by atoms with E-state index in [1.807, 2.05) is 48.3 Å². The lowest BCUT2D eigenvalue weighted by molar-refractivity contribution is -0.0422. The molecule has 0 saturated carbocycles. The van der Waals surface area contributed by atoms with Crippen LogP contribution in [0.1, 0.15) is 11.5 Å². The number of nitrogens with zero attached hydrogens (tertiary/aromatic N) is 5. The molecule has 0 N–H and O–H groups in total. The van der Waals surface area contributed by atoms with Crippen LogP contribution in [0.2, 0.25) is 5.02 Å². The summed E-state index contributed by atoms with van der Waals surface area (Å²) in [6, 6.07) is 7.40. The van der Waals surface area contributed by atoms with Crippen molar-refractivity contribution in [3.05, 3.63) is 53.1 Å². The minimum atomic E-state index is 0.0957. The van der Waals surface area contributed by atoms with Crippen LogP contribution >= 0.6 is 11.6 Å². The lowest BCUT2D eigenvalue weighted by Gasteiger charge is -2.31. The molecular formula is C18H20ClN5O2. The number of rotatable bonds is 5. The first-order valence-corrected chi connectivity index (χ1v) is 8.95. The number of aryl methyl sites for hydroxylation is 1. The van der Waals surface area contributed by atoms with Gasteiger partial charge in [-0.3, -0.25) is 9.58 Å². The molecule has 0 aliphatic carbocycles. The van der Waals surface area contributed by atoms with Gasteiger partial charge < -0.3 is 9.15 Å². The molecule has 2 aromatic heterocycles. The van der Waals surface area contributed by atoms with Gasteiger partial charge in [-0.2, -0.15) is 5.10 Å². The topological polar surface area (TPSA) is 69.2 Å². The number of hydrogen-bond donors (Lipinski definition) is 0. The Balaban J connectivity index is 1.38. The Morgan fingerprint density at radius 1 is 1.31 bits per heavy atom. The van der Waals surface area contributed by atoms with Gasteiger partial charge in [0.25, 0.3) is 0 Å². The molecule has 1 fully saturated rings. The summed E-state index contributed by atoms with van der Waals surface area (Å²) >= 11 is 6.02. The SMILES string of the molecule is Cc1cnn(CC2CN(Cc3nnc(-c4cccc(Cl)c4)o3)CCO2)c1. The summed E-state index contributed by atoms with van der Waals surface area (Å²) in [5.41, 5.74) is 1.97. The maximum absolute atomic E-state index is 6.02. The number of morpholine rings is 1. The van der Waals surface area contributed by atoms with Crippen molar-refractivity contribution in [2.24, 2.45) is 0 Å². The molecule has 8 heteroatoms. The van der Waals surface area contributed by atoms with E-state index >= 15 is 0 Å². The summed E-state index contributed by atoms with van der Waals surface area (Å²) in [6.45, 7) is 5.69. The van der Waals surface area contributed by atoms with Gasteiger partial charge in [0.1, 0.15) is 0 Å². The van der Waals surface area contributed by atoms with Gasteiger partial charge in [0, 0.05) is 29.9 Å². The molecule has 0 amide bonds. The van der Waals surface area contributed by atoms with Crippen molar-refractivity contribution in [2.75, 3.05) is 19.7 Å². The second-order valence-electron chi connectivity index (χ2n) is 6.48. The Morgan fingerprint density at radius 3 is 3.04 bits per heavy atom. The normalized spacial score (nSPS) is 18.3. The highest BCUT2D eigenvalue weighted by atomic mass is 35.5. The molecule has 7 nitrogen and oxygen atoms in total. The Labute approximate surface area is 156 Å². The van der Waals surface area contributed by atoms with Gasteiger partial charge in [0.2, 0.25) is 11.8 Å². The predicted molar refractivity (Wildman–Crippen MR) is 96.7 cm³/mol. The predicted octanol–water partition coefficient (Wildman–Crippen LogP) is 2.80. The van der Waals surface area contributed by atoms with Gasteiger partial charge in [-0.15, -0.1) is 10.2 Å². The van der Waals surface area contributed by atoms with Gasteiger partial charge in [-0.05, 0) is 30.7 Å². The molecule has 0 radical (unpaired) electrons. The van der Waals surface area contributed by atoms with Crippen molar-refractivity contribution in [1.29, 1.82) is 0 Å². The fraction of sp³-hybridized carbons (Fsp3) is 0.389. The van der Waals surface area contributed by atoms with Crippen LogP contribution in [0.25, 0.3) is 11.5 Å². The molecule has 1 aromatic carbocycles. The molecule has 1 atom stereocenters. The average Bonchev–Trinajstić information content (AvgIpc) is 3.24. The summed E-state index contributed by atoms with van der Waals surface area (Å²) in [5.74, 6) is 1.08. The molecule has 3 aromatic rings. The number of halogens is 1. The molecule has 1 unspecified atom stereocenters. The zero-order valence-corrected chi connectivity index (χ0v) is 15.3. The van der Waals surface area contributed by atoms with Crippen molar-refractivity contribution < 1.29 is 9.15 Å². The maximum Gasteiger partial charge on any atom is 0.247 e. The number of ether oxygens (including phenoxy) is 1. The van der Waals surface area contributed by atoms with E-state index in [0.717, 1.165) is 30.8 Å². The Kier molecular flexibility index (Phi) is 5.01. The smallest absolute Gasteiger partial charge is 0.247 e. The third-order valence-corrected chi connectivity index (χ3v) is 4.51. The van der Waals surface area contributed by atoms with Crippen molar-refractivity contribution >= 4 is 11.6 Å². The third-order valence-electron chi connectivity index (χ3n) is 4.27. The van der Waals surface area contributed by atoms with Crippen LogP contribution in [-0.2, 0) is 17.8 Å². The second kappa shape index (κ2) is 7.57. The monoisotopic (exact) mass is 373 g/mol. The van der Waals surface area contributed by atoms with Crippen molar-refractivity contribution in [1.82, 2.24) is 24.9 Å². The molecule has 3 heterocycles. The summed E-state index contributed by atoms with van der Waals surface area (Å²) in [7, 11) is 0. The summed E-state index contributed by atoms with van der Waals surface area (Å²) in [6.07, 6.45) is 3.98. The van der Waals surface area contributed by atoms with E-state index in [-0.39, 0.29) is 6.10 Å². The number of benzene rings is 1. The molecule has 1 aliphatic rings. The first-order chi connectivity index (χ1) is 12.7. The van der Waals surface area contributed by atoms with Gasteiger partial charge in [0.15, 0.2) is 0 Å². The highest BCUT2D eigenvalue weighted by Gasteiger charge is 2.23. The molecule has 0 bridgehead atoms. The van der Waals surface area contributed by atoms with Gasteiger partial charge in [0.05, 0.1) is 32.0 Å². The van der Waals surface area contributed by atoms with Crippen LogP contribution in [0, 0.1) is 6.92 Å². The summed E-state index contributed by atoms with van der Waals surface area (Å²) < 4.78 is 13.6. The first kappa shape index (κ1) is 17.2. The van der Waals surface area contributed by atoms with E-state index in [1.54, 1.807) is 0 Å². The fourth-order valence-electron chi connectivity index (χ4n) is 3.06. The zero-order valence-electron chi connectivity index (χ0n) is 14.5. The highest BCUT2D eigenvalue weighted by Crippen LogP contribution is 2.22. The van der Waals surface area contributed by atoms with Crippen LogP contribution in [0.3, 0.4) is 0 Å². The van der Waals surface area contributed by atoms with Crippen molar-refractivity contribution in [3.8, 4) is 11.5 Å². The maximum atomic E-state index is 6.02. The summed E-state index contributed by atoms with van der Waals surface area (Å²) in [5, 5.41) is 13.3. The van der Waals surface area contributed by atoms with Crippen LogP contribution in [0.15, 0.2) is 41.1 Å². The van der Waals surface area contributed by atoms with Gasteiger partial charge in [-0.25, -0.2) is 0 Å². The molecule has 0 spiro atoms. The zero-order chi connectivity index (χ0) is 17.9. The lowest BCUT2D eigenvalue weighted by atomic mass is 10.2. The fourth-order valence-corrected chi connectivity index (χ4v) is 3.25. The molecule has 1 aliphatic heterocycles. The van der Waals surface area contributed by atoms with Gasteiger partial charge >= 0.3 is 0 Å². The third kappa shape index (κ3) is 4.12. The molecule has 26 heavy (non-hydrogen) atoms. The standard InChI is InChI=1S/C18H20ClN5O2/c1-13-8-20-24(9-13)11-16-10-23(5-6-25-16)12-17-21-22-18(26-17)14-3-2-4-15(19)7-14/h2-4,7-9,16H,5-6,10-12H2,1H3. The second-order valence-corrected chi connectivity index (χ2v) is 6.92. The Hall–Kier alpha value is -2.22. The van der Waals surface area contributed by atoms with Crippen LogP contribution in [0.5, 0.6) is 0 Å². The Bertz CT molecular complexity index is 878. The van der Waals surface area contributed by atoms with E-state index in [4.69, 9.17) is 20.8 Å². The molecule has 4 rings (SSSR count). The van der Waals surface area contributed by atoms with Crippen molar-refractivity contribution in [3.63, 3.8) is 0 Å². The van der Waals surface area contributed by atoms with E-state index in [9.17, 15) is 0 Å². The van der Waals surface area contributed by atoms with E-state index in [1.165, 1.54) is 0 Å².